The van der Waals surface area contributed by atoms with Gasteiger partial charge in [-0.2, -0.15) is 0 Å². The normalized spacial score (nSPS) is 20.9. The Bertz CT molecular complexity index is 584. The Morgan fingerprint density at radius 3 is 2.45 bits per heavy atom. The average molecular weight is 306 g/mol. The van der Waals surface area contributed by atoms with Gasteiger partial charge in [0.2, 0.25) is 11.8 Å². The number of hydrogen-bond donors (Lipinski definition) is 4. The third kappa shape index (κ3) is 3.97. The Morgan fingerprint density at radius 1 is 1.27 bits per heavy atom. The van der Waals surface area contributed by atoms with Crippen LogP contribution in [0.4, 0.5) is 0 Å². The molecule has 1 fully saturated rings. The third-order valence-corrected chi connectivity index (χ3v) is 3.74. The van der Waals surface area contributed by atoms with Crippen molar-refractivity contribution < 1.29 is 24.6 Å². The number of hydrogen-bond acceptors (Lipinski definition) is 4. The van der Waals surface area contributed by atoms with Crippen LogP contribution in [0.15, 0.2) is 24.3 Å². The first-order valence-electron chi connectivity index (χ1n) is 6.99. The lowest BCUT2D eigenvalue weighted by molar-refractivity contribution is -0.142. The van der Waals surface area contributed by atoms with Gasteiger partial charge in [-0.15, -0.1) is 0 Å². The SMILES string of the molecule is NC(=O)CCC(NC(=O)C1CC1c1ccc(O)cc1)C(=O)O. The molecule has 0 heterocycles. The van der Waals surface area contributed by atoms with Gasteiger partial charge in [0.1, 0.15) is 11.8 Å². The van der Waals surface area contributed by atoms with E-state index in [0.717, 1.165) is 5.56 Å². The van der Waals surface area contributed by atoms with E-state index in [1.807, 2.05) is 0 Å². The van der Waals surface area contributed by atoms with Crippen molar-refractivity contribution in [1.82, 2.24) is 5.32 Å². The van der Waals surface area contributed by atoms with E-state index in [1.54, 1.807) is 24.3 Å². The first-order chi connectivity index (χ1) is 10.4. The molecule has 0 radical (unpaired) electrons. The Hall–Kier alpha value is -2.57. The number of nitrogens with two attached hydrogens (primary N) is 1. The Labute approximate surface area is 127 Å². The lowest BCUT2D eigenvalue weighted by Crippen LogP contribution is -2.42. The van der Waals surface area contributed by atoms with Crippen LogP contribution >= 0.6 is 0 Å². The number of primary amides is 1. The number of aliphatic carboxylic acids is 1. The molecule has 1 aliphatic rings. The van der Waals surface area contributed by atoms with Crippen LogP contribution in [-0.4, -0.2) is 34.0 Å². The van der Waals surface area contributed by atoms with Gasteiger partial charge in [0.15, 0.2) is 0 Å². The van der Waals surface area contributed by atoms with Crippen molar-refractivity contribution in [1.29, 1.82) is 0 Å². The number of carbonyl (C=O) groups is 3. The number of rotatable bonds is 7. The molecule has 0 bridgehead atoms. The Morgan fingerprint density at radius 2 is 1.91 bits per heavy atom. The molecular weight excluding hydrogens is 288 g/mol. The van der Waals surface area contributed by atoms with E-state index in [9.17, 15) is 19.5 Å². The smallest absolute Gasteiger partial charge is 0.326 e. The molecule has 0 aromatic heterocycles. The number of phenolic OH excluding ortho intramolecular Hbond substituents is 1. The highest BCUT2D eigenvalue weighted by Gasteiger charge is 2.44. The first-order valence-corrected chi connectivity index (χ1v) is 6.99. The molecule has 22 heavy (non-hydrogen) atoms. The van der Waals surface area contributed by atoms with Crippen LogP contribution < -0.4 is 11.1 Å². The minimum atomic E-state index is -1.18. The maximum Gasteiger partial charge on any atom is 0.326 e. The molecule has 0 spiro atoms. The van der Waals surface area contributed by atoms with Crippen LogP contribution in [-0.2, 0) is 14.4 Å². The van der Waals surface area contributed by atoms with Gasteiger partial charge < -0.3 is 21.3 Å². The molecule has 7 nitrogen and oxygen atoms in total. The molecule has 0 aliphatic heterocycles. The van der Waals surface area contributed by atoms with Gasteiger partial charge in [-0.05, 0) is 36.5 Å². The minimum Gasteiger partial charge on any atom is -0.508 e. The molecule has 1 saturated carbocycles. The summed E-state index contributed by atoms with van der Waals surface area (Å²) < 4.78 is 0. The second kappa shape index (κ2) is 6.46. The number of carboxylic acid groups (broad SMARTS) is 1. The molecule has 1 aromatic rings. The Balaban J connectivity index is 1.90. The number of phenols is 1. The second-order valence-corrected chi connectivity index (χ2v) is 5.44. The predicted molar refractivity (Wildman–Crippen MR) is 76.9 cm³/mol. The molecule has 1 aromatic carbocycles. The quantitative estimate of drug-likeness (QED) is 0.577. The van der Waals surface area contributed by atoms with Crippen molar-refractivity contribution >= 4 is 17.8 Å². The van der Waals surface area contributed by atoms with E-state index in [4.69, 9.17) is 10.8 Å². The number of carbonyl (C=O) groups excluding carboxylic acids is 2. The molecule has 1 aliphatic carbocycles. The van der Waals surface area contributed by atoms with Gasteiger partial charge >= 0.3 is 5.97 Å². The summed E-state index contributed by atoms with van der Waals surface area (Å²) in [5.74, 6) is -2.21. The van der Waals surface area contributed by atoms with Crippen LogP contribution in [0.5, 0.6) is 5.75 Å². The zero-order valence-electron chi connectivity index (χ0n) is 11.9. The predicted octanol–water partition coefficient (Wildman–Crippen LogP) is 0.331. The van der Waals surface area contributed by atoms with E-state index >= 15 is 0 Å². The van der Waals surface area contributed by atoms with Crippen molar-refractivity contribution in [3.63, 3.8) is 0 Å². The monoisotopic (exact) mass is 306 g/mol. The standard InChI is InChI=1S/C15H18N2O5/c16-13(19)6-5-12(15(21)22)17-14(20)11-7-10(11)8-1-3-9(18)4-2-8/h1-4,10-12,18H,5-7H2,(H2,16,19)(H,17,20)(H,21,22). The number of benzene rings is 1. The van der Waals surface area contributed by atoms with Gasteiger partial charge in [0, 0.05) is 12.3 Å². The van der Waals surface area contributed by atoms with Gasteiger partial charge in [-0.3, -0.25) is 9.59 Å². The van der Waals surface area contributed by atoms with Gasteiger partial charge in [-0.1, -0.05) is 12.1 Å². The van der Waals surface area contributed by atoms with Crippen LogP contribution in [0.25, 0.3) is 0 Å². The zero-order valence-corrected chi connectivity index (χ0v) is 11.9. The zero-order chi connectivity index (χ0) is 16.3. The van der Waals surface area contributed by atoms with Gasteiger partial charge in [0.05, 0.1) is 0 Å². The van der Waals surface area contributed by atoms with E-state index in [2.05, 4.69) is 5.32 Å². The summed E-state index contributed by atoms with van der Waals surface area (Å²) >= 11 is 0. The third-order valence-electron chi connectivity index (χ3n) is 3.74. The van der Waals surface area contributed by atoms with E-state index in [0.29, 0.717) is 6.42 Å². The summed E-state index contributed by atoms with van der Waals surface area (Å²) in [6.45, 7) is 0. The molecule has 3 unspecified atom stereocenters. The highest BCUT2D eigenvalue weighted by Crippen LogP contribution is 2.47. The summed E-state index contributed by atoms with van der Waals surface area (Å²) in [5.41, 5.74) is 5.92. The maximum atomic E-state index is 12.1. The minimum absolute atomic E-state index is 0.0208. The van der Waals surface area contributed by atoms with Crippen molar-refractivity contribution in [2.45, 2.75) is 31.2 Å². The second-order valence-electron chi connectivity index (χ2n) is 5.44. The fourth-order valence-electron chi connectivity index (χ4n) is 2.40. The lowest BCUT2D eigenvalue weighted by atomic mass is 10.1. The summed E-state index contributed by atoms with van der Waals surface area (Å²) in [6, 6.07) is 5.48. The summed E-state index contributed by atoms with van der Waals surface area (Å²) in [7, 11) is 0. The van der Waals surface area contributed by atoms with Crippen LogP contribution in [0.2, 0.25) is 0 Å². The summed E-state index contributed by atoms with van der Waals surface area (Å²) in [5, 5.41) is 20.7. The van der Waals surface area contributed by atoms with Crippen molar-refractivity contribution in [3.8, 4) is 5.75 Å². The van der Waals surface area contributed by atoms with E-state index in [-0.39, 0.29) is 36.3 Å². The highest BCUT2D eigenvalue weighted by molar-refractivity contribution is 5.88. The van der Waals surface area contributed by atoms with Crippen molar-refractivity contribution in [3.05, 3.63) is 29.8 Å². The fourth-order valence-corrected chi connectivity index (χ4v) is 2.40. The summed E-state index contributed by atoms with van der Waals surface area (Å²) in [4.78, 5) is 33.9. The maximum absolute atomic E-state index is 12.1. The molecule has 0 saturated heterocycles. The molecule has 7 heteroatoms. The molecule has 118 valence electrons. The molecule has 3 atom stereocenters. The van der Waals surface area contributed by atoms with E-state index in [1.165, 1.54) is 0 Å². The topological polar surface area (TPSA) is 130 Å². The average Bonchev–Trinajstić information content (AvgIpc) is 3.24. The van der Waals surface area contributed by atoms with Crippen LogP contribution in [0.3, 0.4) is 0 Å². The molecule has 5 N–H and O–H groups in total. The number of aromatic hydroxyl groups is 1. The number of amides is 2. The summed E-state index contributed by atoms with van der Waals surface area (Å²) in [6.07, 6.45) is 0.523. The van der Waals surface area contributed by atoms with Gasteiger partial charge in [0.25, 0.3) is 0 Å². The number of nitrogens with one attached hydrogen (secondary N) is 1. The highest BCUT2D eigenvalue weighted by atomic mass is 16.4. The molecule has 2 rings (SSSR count). The molecular formula is C15H18N2O5. The van der Waals surface area contributed by atoms with Crippen molar-refractivity contribution in [2.75, 3.05) is 0 Å². The Kier molecular flexibility index (Phi) is 4.65. The molecule has 2 amide bonds. The fraction of sp³-hybridized carbons (Fsp3) is 0.400. The van der Waals surface area contributed by atoms with Crippen molar-refractivity contribution in [2.24, 2.45) is 11.7 Å². The lowest BCUT2D eigenvalue weighted by Gasteiger charge is -2.13. The van der Waals surface area contributed by atoms with Gasteiger partial charge in [-0.25, -0.2) is 4.79 Å². The van der Waals surface area contributed by atoms with E-state index < -0.39 is 17.9 Å². The van der Waals surface area contributed by atoms with Crippen LogP contribution in [0, 0.1) is 5.92 Å². The number of carboxylic acids is 1. The first kappa shape index (κ1) is 15.8. The van der Waals surface area contributed by atoms with Crippen LogP contribution in [0.1, 0.15) is 30.7 Å². The largest absolute Gasteiger partial charge is 0.508 e.